The van der Waals surface area contributed by atoms with E-state index in [1.165, 1.54) is 77.0 Å². The fourth-order valence-corrected chi connectivity index (χ4v) is 7.54. The summed E-state index contributed by atoms with van der Waals surface area (Å²) in [4.78, 5) is 2.88. The lowest BCUT2D eigenvalue weighted by molar-refractivity contribution is -0.253. The van der Waals surface area contributed by atoms with Gasteiger partial charge in [0, 0.05) is 25.1 Å². The van der Waals surface area contributed by atoms with Gasteiger partial charge in [0.1, 0.15) is 0 Å². The van der Waals surface area contributed by atoms with E-state index >= 15 is 0 Å². The van der Waals surface area contributed by atoms with E-state index in [2.05, 4.69) is 35.6 Å². The molecule has 3 atom stereocenters. The van der Waals surface area contributed by atoms with E-state index in [1.54, 1.807) is 30.3 Å². The van der Waals surface area contributed by atoms with Crippen molar-refractivity contribution in [2.75, 3.05) is 19.6 Å². The molecular weight excluding hydrogens is 633 g/mol. The zero-order valence-electron chi connectivity index (χ0n) is 29.9. The minimum Gasteiger partial charge on any atom is -0.392 e. The van der Waals surface area contributed by atoms with Crippen molar-refractivity contribution in [3.63, 3.8) is 0 Å². The van der Waals surface area contributed by atoms with Crippen LogP contribution in [0.3, 0.4) is 0 Å². The second-order valence-electron chi connectivity index (χ2n) is 13.6. The second kappa shape index (κ2) is 21.6. The van der Waals surface area contributed by atoms with Gasteiger partial charge in [0.15, 0.2) is 6.29 Å². The average Bonchev–Trinajstić information content (AvgIpc) is 3.14. The molecule has 0 saturated carbocycles. The molecule has 0 bridgehead atoms. The molecule has 2 N–H and O–H groups in total. The van der Waals surface area contributed by atoms with Crippen molar-refractivity contribution in [3.8, 4) is 0 Å². The molecule has 0 aromatic heterocycles. The molecule has 0 unspecified atom stereocenters. The molecule has 1 fully saturated rings. The minimum absolute atomic E-state index is 0.00110. The molecular formula is C41H60N2O5S. The number of sulfonamides is 1. The fraction of sp³-hybridized carbons (Fsp3) is 0.561. The predicted molar refractivity (Wildman–Crippen MR) is 199 cm³/mol. The largest absolute Gasteiger partial charge is 0.392 e. The molecule has 3 aromatic carbocycles. The number of benzene rings is 3. The first kappa shape index (κ1) is 39.2. The van der Waals surface area contributed by atoms with Crippen molar-refractivity contribution >= 4 is 10.0 Å². The van der Waals surface area contributed by atoms with Gasteiger partial charge in [-0.3, -0.25) is 0 Å². The van der Waals surface area contributed by atoms with Crippen LogP contribution in [0.15, 0.2) is 83.8 Å². The number of hydrogen-bond acceptors (Lipinski definition) is 6. The number of ether oxygens (including phenoxy) is 2. The maximum absolute atomic E-state index is 12.7. The Kier molecular flexibility index (Phi) is 17.3. The maximum Gasteiger partial charge on any atom is 0.240 e. The van der Waals surface area contributed by atoms with Gasteiger partial charge in [0.25, 0.3) is 0 Å². The van der Waals surface area contributed by atoms with Crippen molar-refractivity contribution in [1.29, 1.82) is 0 Å². The number of unbranched alkanes of at least 4 members (excludes halogenated alkanes) is 10. The fourth-order valence-electron chi connectivity index (χ4n) is 6.50. The van der Waals surface area contributed by atoms with Crippen LogP contribution in [0, 0.1) is 0 Å². The molecule has 7 nitrogen and oxygen atoms in total. The number of hydrogen-bond donors (Lipinski definition) is 2. The lowest BCUT2D eigenvalue weighted by atomic mass is 9.99. The summed E-state index contributed by atoms with van der Waals surface area (Å²) < 4.78 is 41.5. The van der Waals surface area contributed by atoms with Gasteiger partial charge in [-0.25, -0.2) is 13.1 Å². The monoisotopic (exact) mass is 692 g/mol. The van der Waals surface area contributed by atoms with E-state index in [-0.39, 0.29) is 30.3 Å². The summed E-state index contributed by atoms with van der Waals surface area (Å²) in [5.74, 6) is 0. The van der Waals surface area contributed by atoms with Crippen molar-refractivity contribution < 1.29 is 23.0 Å². The number of nitrogens with zero attached hydrogens (tertiary/aromatic N) is 1. The molecule has 4 rings (SSSR count). The van der Waals surface area contributed by atoms with Gasteiger partial charge in [-0.15, -0.1) is 0 Å². The molecule has 3 aromatic rings. The van der Waals surface area contributed by atoms with Gasteiger partial charge < -0.3 is 19.5 Å². The summed E-state index contributed by atoms with van der Waals surface area (Å²) in [5.41, 5.74) is 3.73. The van der Waals surface area contributed by atoms with E-state index in [4.69, 9.17) is 9.47 Å². The van der Waals surface area contributed by atoms with Gasteiger partial charge in [0.2, 0.25) is 10.0 Å². The molecule has 8 heteroatoms. The molecule has 1 saturated heterocycles. The highest BCUT2D eigenvalue weighted by Crippen LogP contribution is 2.38. The number of aliphatic hydroxyl groups is 1. The lowest BCUT2D eigenvalue weighted by Gasteiger charge is -2.38. The Morgan fingerprint density at radius 1 is 0.694 bits per heavy atom. The zero-order valence-corrected chi connectivity index (χ0v) is 30.7. The van der Waals surface area contributed by atoms with Crippen LogP contribution in [-0.2, 0) is 32.6 Å². The van der Waals surface area contributed by atoms with Gasteiger partial charge in [-0.2, -0.15) is 0 Å². The summed E-state index contributed by atoms with van der Waals surface area (Å²) in [7, 11) is -3.60. The van der Waals surface area contributed by atoms with Gasteiger partial charge >= 0.3 is 0 Å². The van der Waals surface area contributed by atoms with Crippen LogP contribution in [0.2, 0.25) is 0 Å². The summed E-state index contributed by atoms with van der Waals surface area (Å²) in [5, 5.41) is 9.60. The normalized spacial score (nSPS) is 18.2. The predicted octanol–water partition coefficient (Wildman–Crippen LogP) is 9.23. The zero-order chi connectivity index (χ0) is 34.7. The third-order valence-electron chi connectivity index (χ3n) is 9.50. The van der Waals surface area contributed by atoms with Gasteiger partial charge in [-0.05, 0) is 54.8 Å². The van der Waals surface area contributed by atoms with Crippen LogP contribution in [0.25, 0.3) is 0 Å². The van der Waals surface area contributed by atoms with Crippen molar-refractivity contribution in [2.24, 2.45) is 0 Å². The summed E-state index contributed by atoms with van der Waals surface area (Å²) in [6.07, 6.45) is 15.5. The summed E-state index contributed by atoms with van der Waals surface area (Å²) >= 11 is 0. The minimum atomic E-state index is -3.60. The van der Waals surface area contributed by atoms with Crippen LogP contribution >= 0.6 is 0 Å². The van der Waals surface area contributed by atoms with Crippen molar-refractivity contribution in [1.82, 2.24) is 9.62 Å². The third-order valence-corrected chi connectivity index (χ3v) is 10.9. The van der Waals surface area contributed by atoms with Crippen molar-refractivity contribution in [2.45, 2.75) is 134 Å². The lowest BCUT2D eigenvalue weighted by Crippen LogP contribution is -2.40. The summed E-state index contributed by atoms with van der Waals surface area (Å²) in [6, 6.07) is 24.3. The van der Waals surface area contributed by atoms with E-state index in [1.807, 2.05) is 36.4 Å². The molecule has 0 amide bonds. The van der Waals surface area contributed by atoms with Gasteiger partial charge in [-0.1, -0.05) is 145 Å². The van der Waals surface area contributed by atoms with Crippen LogP contribution < -0.4 is 4.72 Å². The Balaban J connectivity index is 1.44. The molecule has 0 radical (unpaired) electrons. The van der Waals surface area contributed by atoms with Gasteiger partial charge in [0.05, 0.1) is 23.7 Å². The van der Waals surface area contributed by atoms with Crippen LogP contribution in [0.5, 0.6) is 0 Å². The number of aliphatic hydroxyl groups excluding tert-OH is 1. The molecule has 49 heavy (non-hydrogen) atoms. The molecule has 1 aliphatic rings. The topological polar surface area (TPSA) is 88.1 Å². The first-order valence-corrected chi connectivity index (χ1v) is 20.3. The van der Waals surface area contributed by atoms with E-state index in [0.29, 0.717) is 0 Å². The number of rotatable bonds is 23. The SMILES string of the molecule is CCCCCCCCN(CCCCCCCC)C[C@@H]1C[C@H](c2ccc(CO)cc2)O[C@H](c2ccc(CNS(=O)(=O)c3ccccc3)cc2)O1. The smallest absolute Gasteiger partial charge is 0.240 e. The average molecular weight is 693 g/mol. The maximum atomic E-state index is 12.7. The molecule has 270 valence electrons. The highest BCUT2D eigenvalue weighted by Gasteiger charge is 2.33. The molecule has 1 heterocycles. The first-order valence-electron chi connectivity index (χ1n) is 18.8. The Bertz CT molecular complexity index is 1400. The second-order valence-corrected chi connectivity index (χ2v) is 15.3. The quantitative estimate of drug-likeness (QED) is 0.0964. The molecule has 1 aliphatic heterocycles. The highest BCUT2D eigenvalue weighted by atomic mass is 32.2. The van der Waals surface area contributed by atoms with E-state index in [9.17, 15) is 13.5 Å². The van der Waals surface area contributed by atoms with Crippen LogP contribution in [-0.4, -0.2) is 44.2 Å². The Morgan fingerprint density at radius 3 is 1.84 bits per heavy atom. The number of nitrogens with one attached hydrogen (secondary N) is 1. The van der Waals surface area contributed by atoms with Crippen LogP contribution in [0.1, 0.15) is 132 Å². The summed E-state index contributed by atoms with van der Waals surface area (Å²) in [6.45, 7) is 7.80. The van der Waals surface area contributed by atoms with E-state index in [0.717, 1.165) is 48.3 Å². The van der Waals surface area contributed by atoms with Crippen LogP contribution in [0.4, 0.5) is 0 Å². The highest BCUT2D eigenvalue weighted by molar-refractivity contribution is 7.89. The third kappa shape index (κ3) is 13.6. The van der Waals surface area contributed by atoms with Crippen molar-refractivity contribution in [3.05, 3.63) is 101 Å². The Morgan fingerprint density at radius 2 is 1.24 bits per heavy atom. The molecule has 0 spiro atoms. The Labute approximate surface area is 296 Å². The standard InChI is InChI=1S/C41H60N2O5S/c1-3-5-7-9-11-16-28-43(29-17-12-10-8-6-4-2)32-38-30-40(36-24-22-35(33-44)23-25-36)48-41(47-38)37-26-20-34(21-27-37)31-42-49(45,46)39-18-14-13-15-19-39/h13-15,18-27,38,40-42,44H,3-12,16-17,28-33H2,1-2H3/t38-,40+,41+/m0/s1. The Hall–Kier alpha value is -2.59. The molecule has 0 aliphatic carbocycles. The van der Waals surface area contributed by atoms with E-state index < -0.39 is 16.3 Å². The first-order chi connectivity index (χ1) is 23.9.